The Bertz CT molecular complexity index is 1260. The maximum atomic E-state index is 13.9. The van der Waals surface area contributed by atoms with Crippen LogP contribution in [0.3, 0.4) is 0 Å². The molecule has 1 aromatic heterocycles. The summed E-state index contributed by atoms with van der Waals surface area (Å²) in [6.07, 6.45) is -17.0. The largest absolute Gasteiger partial charge is 0.573 e. The second-order valence-corrected chi connectivity index (χ2v) is 7.38. The number of ether oxygens (including phenoxy) is 1. The number of nitrogens with one attached hydrogen (secondary N) is 1. The lowest BCUT2D eigenvalue weighted by Gasteiger charge is -2.32. The monoisotopic (exact) mass is 557 g/mol. The van der Waals surface area contributed by atoms with Crippen LogP contribution >= 0.6 is 0 Å². The number of hydrogen-bond donors (Lipinski definition) is 2. The minimum Gasteiger partial charge on any atom is -0.406 e. The lowest BCUT2D eigenvalue weighted by molar-refractivity contribution is -0.376. The zero-order valence-corrected chi connectivity index (χ0v) is 18.3. The van der Waals surface area contributed by atoms with Gasteiger partial charge in [-0.15, -0.1) is 18.3 Å². The van der Waals surface area contributed by atoms with Crippen LogP contribution in [0.4, 0.5) is 61.4 Å². The van der Waals surface area contributed by atoms with Crippen LogP contribution in [0.2, 0.25) is 0 Å². The van der Waals surface area contributed by atoms with E-state index in [1.54, 1.807) is 0 Å². The van der Waals surface area contributed by atoms with Crippen LogP contribution < -0.4 is 10.1 Å². The van der Waals surface area contributed by atoms with Crippen LogP contribution in [0.1, 0.15) is 11.1 Å². The zero-order chi connectivity index (χ0) is 28.4. The van der Waals surface area contributed by atoms with Crippen LogP contribution in [0.5, 0.6) is 5.75 Å². The van der Waals surface area contributed by atoms with Crippen molar-refractivity contribution in [3.05, 3.63) is 71.7 Å². The molecule has 0 aliphatic carbocycles. The van der Waals surface area contributed by atoms with Crippen molar-refractivity contribution in [2.75, 3.05) is 5.32 Å². The maximum absolute atomic E-state index is 13.9. The van der Waals surface area contributed by atoms with Crippen LogP contribution in [0.15, 0.2) is 64.8 Å². The molecule has 0 aliphatic heterocycles. The minimum absolute atomic E-state index is 0.123. The molecular weight excluding hydrogens is 544 g/mol. The van der Waals surface area contributed by atoms with Crippen molar-refractivity contribution in [1.82, 2.24) is 9.97 Å². The molecule has 0 saturated carbocycles. The number of anilines is 2. The summed E-state index contributed by atoms with van der Waals surface area (Å²) in [7, 11) is 0. The molecule has 0 saturated heterocycles. The number of rotatable bonds is 7. The molecule has 0 radical (unpaired) electrons. The molecule has 3 rings (SSSR count). The van der Waals surface area contributed by atoms with E-state index in [2.05, 4.69) is 30.3 Å². The average molecular weight is 557 g/mol. The lowest BCUT2D eigenvalue weighted by atomic mass is 9.92. The highest BCUT2D eigenvalue weighted by Gasteiger charge is 2.71. The van der Waals surface area contributed by atoms with Gasteiger partial charge in [0.05, 0.1) is 6.54 Å². The quantitative estimate of drug-likeness (QED) is 0.188. The van der Waals surface area contributed by atoms with Crippen LogP contribution in [-0.4, -0.2) is 33.8 Å². The highest BCUT2D eigenvalue weighted by Crippen LogP contribution is 2.50. The molecule has 1 heterocycles. The topological polar surface area (TPSA) is 92.0 Å². The minimum atomic E-state index is -6.06. The summed E-state index contributed by atoms with van der Waals surface area (Å²) in [6.45, 7) is -0.169. The molecule has 0 aliphatic rings. The number of aromatic nitrogens is 2. The van der Waals surface area contributed by atoms with E-state index in [4.69, 9.17) is 0 Å². The van der Waals surface area contributed by atoms with Gasteiger partial charge in [0.25, 0.3) is 11.5 Å². The highest BCUT2D eigenvalue weighted by molar-refractivity contribution is 5.57. The van der Waals surface area contributed by atoms with Crippen LogP contribution in [0.25, 0.3) is 0 Å². The van der Waals surface area contributed by atoms with E-state index in [0.29, 0.717) is 17.7 Å². The van der Waals surface area contributed by atoms with Crippen molar-refractivity contribution >= 4 is 17.5 Å². The summed E-state index contributed by atoms with van der Waals surface area (Å²) in [5.74, 6) is -2.40. The Hall–Kier alpha value is -4.02. The normalized spacial score (nSPS) is 13.1. The van der Waals surface area contributed by atoms with Crippen molar-refractivity contribution in [3.8, 4) is 5.75 Å². The molecule has 7 nitrogen and oxygen atoms in total. The third kappa shape index (κ3) is 6.84. The number of alkyl halides is 9. The maximum Gasteiger partial charge on any atom is 0.573 e. The van der Waals surface area contributed by atoms with Gasteiger partial charge < -0.3 is 15.2 Å². The molecule has 2 N–H and O–H groups in total. The fourth-order valence-corrected chi connectivity index (χ4v) is 2.92. The first-order chi connectivity index (χ1) is 17.5. The van der Waals surface area contributed by atoms with E-state index in [1.165, 1.54) is 12.1 Å². The second-order valence-electron chi connectivity index (χ2n) is 7.38. The SMILES string of the molecule is OC(c1ccc(Nc2cc(F)nc(N=NCc3ccc(OC(F)(F)F)cc3)n2)cc1)(C(F)(F)F)C(F)(F)F. The van der Waals surface area contributed by atoms with Crippen molar-refractivity contribution in [1.29, 1.82) is 0 Å². The number of aliphatic hydroxyl groups is 1. The van der Waals surface area contributed by atoms with Gasteiger partial charge >= 0.3 is 18.7 Å². The fourth-order valence-electron chi connectivity index (χ4n) is 2.92. The Kier molecular flexibility index (Phi) is 7.81. The molecule has 0 spiro atoms. The predicted octanol–water partition coefficient (Wildman–Crippen LogP) is 6.85. The van der Waals surface area contributed by atoms with E-state index in [0.717, 1.165) is 30.3 Å². The Balaban J connectivity index is 1.71. The van der Waals surface area contributed by atoms with Gasteiger partial charge in [0.1, 0.15) is 11.6 Å². The summed E-state index contributed by atoms with van der Waals surface area (Å²) in [4.78, 5) is 7.14. The van der Waals surface area contributed by atoms with E-state index < -0.39 is 47.5 Å². The number of hydrogen-bond acceptors (Lipinski definition) is 7. The molecule has 38 heavy (non-hydrogen) atoms. The molecule has 0 fully saturated rings. The number of azo groups is 1. The molecule has 0 bridgehead atoms. The standard InChI is InChI=1S/C21H13F10N5O2/c22-15-9-16(33-13-5-3-12(4-6-13)18(37,19(23,24)25)20(26,27)28)35-17(34-15)36-32-10-11-1-7-14(8-2-11)38-21(29,30)31/h1-9,37H,10H2,(H,33,34,35). The number of halogens is 10. The Morgan fingerprint density at radius 2 is 1.39 bits per heavy atom. The molecule has 3 aromatic rings. The third-order valence-electron chi connectivity index (χ3n) is 4.65. The smallest absolute Gasteiger partial charge is 0.406 e. The molecule has 17 heteroatoms. The molecule has 0 unspecified atom stereocenters. The van der Waals surface area contributed by atoms with Gasteiger partial charge in [0, 0.05) is 17.3 Å². The molecule has 2 aromatic carbocycles. The van der Waals surface area contributed by atoms with Gasteiger partial charge in [-0.1, -0.05) is 24.3 Å². The van der Waals surface area contributed by atoms with E-state index >= 15 is 0 Å². The Morgan fingerprint density at radius 3 is 1.92 bits per heavy atom. The summed E-state index contributed by atoms with van der Waals surface area (Å²) in [5.41, 5.74) is -6.33. The van der Waals surface area contributed by atoms with Gasteiger partial charge in [0.2, 0.25) is 5.95 Å². The predicted molar refractivity (Wildman–Crippen MR) is 109 cm³/mol. The van der Waals surface area contributed by atoms with Crippen molar-refractivity contribution in [3.63, 3.8) is 0 Å². The van der Waals surface area contributed by atoms with Gasteiger partial charge in [-0.2, -0.15) is 45.8 Å². The number of benzene rings is 2. The molecule has 204 valence electrons. The van der Waals surface area contributed by atoms with Crippen LogP contribution in [-0.2, 0) is 12.1 Å². The summed E-state index contributed by atoms with van der Waals surface area (Å²) in [6, 6.07) is 7.65. The zero-order valence-electron chi connectivity index (χ0n) is 18.3. The average Bonchev–Trinajstić information content (AvgIpc) is 2.77. The second kappa shape index (κ2) is 10.4. The molecule has 0 amide bonds. The third-order valence-corrected chi connectivity index (χ3v) is 4.65. The van der Waals surface area contributed by atoms with Gasteiger partial charge in [-0.3, -0.25) is 0 Å². The summed E-state index contributed by atoms with van der Waals surface area (Å²) >= 11 is 0. The Morgan fingerprint density at radius 1 is 0.816 bits per heavy atom. The Labute approximate surface area is 205 Å². The molecule has 0 atom stereocenters. The first kappa shape index (κ1) is 28.5. The fraction of sp³-hybridized carbons (Fsp3) is 0.238. The van der Waals surface area contributed by atoms with Crippen molar-refractivity contribution in [2.24, 2.45) is 10.2 Å². The first-order valence-corrected chi connectivity index (χ1v) is 9.98. The van der Waals surface area contributed by atoms with E-state index in [-0.39, 0.29) is 18.1 Å². The first-order valence-electron chi connectivity index (χ1n) is 9.98. The number of nitrogens with zero attached hydrogens (tertiary/aromatic N) is 4. The van der Waals surface area contributed by atoms with Gasteiger partial charge in [-0.05, 0) is 29.8 Å². The van der Waals surface area contributed by atoms with E-state index in [9.17, 15) is 49.0 Å². The highest BCUT2D eigenvalue weighted by atomic mass is 19.4. The van der Waals surface area contributed by atoms with Crippen LogP contribution in [0, 0.1) is 5.95 Å². The van der Waals surface area contributed by atoms with Gasteiger partial charge in [-0.25, -0.2) is 0 Å². The lowest BCUT2D eigenvalue weighted by Crippen LogP contribution is -2.53. The van der Waals surface area contributed by atoms with E-state index in [1.807, 2.05) is 0 Å². The summed E-state index contributed by atoms with van der Waals surface area (Å²) in [5, 5.41) is 19.1. The molecular formula is C21H13F10N5O2. The van der Waals surface area contributed by atoms with Gasteiger partial charge in [0.15, 0.2) is 0 Å². The summed E-state index contributed by atoms with van der Waals surface area (Å²) < 4.78 is 132. The van der Waals surface area contributed by atoms with Crippen molar-refractivity contribution in [2.45, 2.75) is 30.9 Å². The van der Waals surface area contributed by atoms with Crippen molar-refractivity contribution < 1.29 is 53.7 Å².